The number of aromatic amines is 1. The first-order valence-corrected chi connectivity index (χ1v) is 10.1. The molecular weight excluding hydrogens is 420 g/mol. The molecule has 10 heteroatoms. The molecule has 0 atom stereocenters. The summed E-state index contributed by atoms with van der Waals surface area (Å²) < 4.78 is 77.0. The Morgan fingerprint density at radius 2 is 1.71 bits per heavy atom. The molecule has 28 heavy (non-hydrogen) atoms. The summed E-state index contributed by atoms with van der Waals surface area (Å²) >= 11 is 6.07. The number of nitrogens with one attached hydrogen (secondary N) is 1. The van der Waals surface area contributed by atoms with E-state index in [0.717, 1.165) is 24.0 Å². The van der Waals surface area contributed by atoms with Crippen molar-refractivity contribution in [3.63, 3.8) is 0 Å². The second-order valence-corrected chi connectivity index (χ2v) is 8.58. The van der Waals surface area contributed by atoms with Gasteiger partial charge in [0, 0.05) is 22.4 Å². The topological polar surface area (TPSA) is 62.8 Å². The molecule has 3 rings (SSSR count). The van der Waals surface area contributed by atoms with E-state index in [0.29, 0.717) is 10.6 Å². The van der Waals surface area contributed by atoms with Gasteiger partial charge in [-0.25, -0.2) is 17.8 Å². The number of alkyl halides is 3. The summed E-state index contributed by atoms with van der Waals surface area (Å²) in [7, 11) is -3.82. The molecule has 2 aromatic carbocycles. The summed E-state index contributed by atoms with van der Waals surface area (Å²) in [6.45, 7) is 1.74. The summed E-state index contributed by atoms with van der Waals surface area (Å²) in [5.74, 6) is -2.34. The molecule has 1 heterocycles. The van der Waals surface area contributed by atoms with Crippen LogP contribution in [0.4, 0.5) is 17.6 Å². The summed E-state index contributed by atoms with van der Waals surface area (Å²) in [5, 5.41) is 0.338. The van der Waals surface area contributed by atoms with Gasteiger partial charge in [0.05, 0.1) is 11.4 Å². The van der Waals surface area contributed by atoms with Gasteiger partial charge < -0.3 is 4.98 Å². The first-order chi connectivity index (χ1) is 12.9. The lowest BCUT2D eigenvalue weighted by Crippen LogP contribution is -2.07. The number of aryl methyl sites for hydroxylation is 1. The zero-order chi connectivity index (χ0) is 20.9. The van der Waals surface area contributed by atoms with Crippen LogP contribution >= 0.6 is 11.6 Å². The average Bonchev–Trinajstić information content (AvgIpc) is 3.01. The van der Waals surface area contributed by atoms with Crippen LogP contribution in [0.3, 0.4) is 0 Å². The van der Waals surface area contributed by atoms with Crippen molar-refractivity contribution in [3.05, 3.63) is 58.6 Å². The fourth-order valence-electron chi connectivity index (χ4n) is 2.62. The minimum atomic E-state index is -4.76. The van der Waals surface area contributed by atoms with Crippen LogP contribution in [-0.2, 0) is 16.0 Å². The number of aromatic nitrogens is 2. The third-order valence-corrected chi connectivity index (χ3v) is 5.57. The Morgan fingerprint density at radius 1 is 1.07 bits per heavy atom. The number of hydrogen-bond donors (Lipinski definition) is 1. The largest absolute Gasteiger partial charge is 0.449 e. The number of hydrogen-bond acceptors (Lipinski definition) is 3. The number of sulfone groups is 1. The predicted molar refractivity (Wildman–Crippen MR) is 97.3 cm³/mol. The maximum atomic E-state index is 14.3. The van der Waals surface area contributed by atoms with Gasteiger partial charge in [-0.2, -0.15) is 13.2 Å². The molecule has 1 aromatic heterocycles. The van der Waals surface area contributed by atoms with Crippen molar-refractivity contribution in [3.8, 4) is 22.5 Å². The van der Waals surface area contributed by atoms with Gasteiger partial charge in [-0.3, -0.25) is 0 Å². The Morgan fingerprint density at radius 3 is 2.25 bits per heavy atom. The van der Waals surface area contributed by atoms with E-state index in [1.807, 2.05) is 0 Å². The van der Waals surface area contributed by atoms with E-state index in [-0.39, 0.29) is 17.0 Å². The Labute approximate surface area is 163 Å². The number of halogens is 5. The maximum absolute atomic E-state index is 14.3. The van der Waals surface area contributed by atoms with Crippen LogP contribution < -0.4 is 0 Å². The van der Waals surface area contributed by atoms with Crippen LogP contribution in [0.25, 0.3) is 22.5 Å². The number of H-pyrrole nitrogens is 1. The van der Waals surface area contributed by atoms with Crippen molar-refractivity contribution in [2.45, 2.75) is 18.0 Å². The van der Waals surface area contributed by atoms with E-state index in [2.05, 4.69) is 9.97 Å². The molecule has 0 unspecified atom stereocenters. The highest BCUT2D eigenvalue weighted by Gasteiger charge is 2.36. The molecule has 3 aromatic rings. The molecule has 0 aliphatic rings. The van der Waals surface area contributed by atoms with Gasteiger partial charge in [0.25, 0.3) is 0 Å². The average molecular weight is 433 g/mol. The summed E-state index contributed by atoms with van der Waals surface area (Å²) in [4.78, 5) is 5.23. The number of benzene rings is 2. The lowest BCUT2D eigenvalue weighted by Gasteiger charge is -2.07. The normalized spacial score (nSPS) is 12.4. The molecule has 0 aliphatic heterocycles. The monoisotopic (exact) mass is 432 g/mol. The van der Waals surface area contributed by atoms with Crippen molar-refractivity contribution >= 4 is 21.4 Å². The zero-order valence-electron chi connectivity index (χ0n) is 14.5. The highest BCUT2D eigenvalue weighted by molar-refractivity contribution is 7.90. The van der Waals surface area contributed by atoms with Crippen LogP contribution in [-0.4, -0.2) is 24.6 Å². The molecule has 0 saturated heterocycles. The third kappa shape index (κ3) is 3.90. The number of rotatable bonds is 3. The van der Waals surface area contributed by atoms with Gasteiger partial charge in [-0.1, -0.05) is 29.8 Å². The maximum Gasteiger partial charge on any atom is 0.449 e. The minimum Gasteiger partial charge on any atom is -0.334 e. The molecular formula is C18H13ClF4N2O2S. The van der Waals surface area contributed by atoms with E-state index in [4.69, 9.17) is 11.6 Å². The zero-order valence-corrected chi connectivity index (χ0v) is 16.1. The van der Waals surface area contributed by atoms with Gasteiger partial charge in [0.1, 0.15) is 10.7 Å². The van der Waals surface area contributed by atoms with Crippen LogP contribution in [0.15, 0.2) is 41.3 Å². The van der Waals surface area contributed by atoms with Crippen LogP contribution in [0.5, 0.6) is 0 Å². The molecule has 1 N–H and O–H groups in total. The molecule has 0 spiro atoms. The second kappa shape index (κ2) is 6.89. The Balaban J connectivity index is 2.24. The van der Waals surface area contributed by atoms with Crippen molar-refractivity contribution in [2.24, 2.45) is 0 Å². The highest BCUT2D eigenvalue weighted by Crippen LogP contribution is 2.37. The fraction of sp³-hybridized carbons (Fsp3) is 0.167. The van der Waals surface area contributed by atoms with E-state index in [9.17, 15) is 26.0 Å². The molecule has 4 nitrogen and oxygen atoms in total. The Bertz CT molecular complexity index is 1170. The van der Waals surface area contributed by atoms with Gasteiger partial charge >= 0.3 is 6.18 Å². The van der Waals surface area contributed by atoms with Gasteiger partial charge in [0.15, 0.2) is 9.84 Å². The summed E-state index contributed by atoms with van der Waals surface area (Å²) in [6, 6.07) is 7.69. The van der Waals surface area contributed by atoms with E-state index in [1.165, 1.54) is 12.1 Å². The van der Waals surface area contributed by atoms with Crippen LogP contribution in [0.2, 0.25) is 5.02 Å². The SMILES string of the molecule is Cc1ccc(-c2[nH]c(C(F)(F)F)nc2-c2ccc(S(C)(=O)=O)c(F)c2)cc1Cl. The van der Waals surface area contributed by atoms with Crippen LogP contribution in [0.1, 0.15) is 11.4 Å². The number of imidazole rings is 1. The first-order valence-electron chi connectivity index (χ1n) is 7.81. The molecule has 0 saturated carbocycles. The van der Waals surface area contributed by atoms with Crippen molar-refractivity contribution in [1.82, 2.24) is 9.97 Å². The van der Waals surface area contributed by atoms with E-state index in [1.54, 1.807) is 19.1 Å². The summed E-state index contributed by atoms with van der Waals surface area (Å²) in [6.07, 6.45) is -3.92. The lowest BCUT2D eigenvalue weighted by molar-refractivity contribution is -0.144. The third-order valence-electron chi connectivity index (χ3n) is 4.04. The minimum absolute atomic E-state index is 0.0108. The molecule has 0 aliphatic carbocycles. The van der Waals surface area contributed by atoms with Crippen molar-refractivity contribution in [2.75, 3.05) is 6.26 Å². The van der Waals surface area contributed by atoms with Crippen LogP contribution in [0, 0.1) is 12.7 Å². The van der Waals surface area contributed by atoms with Gasteiger partial charge in [0.2, 0.25) is 5.82 Å². The van der Waals surface area contributed by atoms with Crippen molar-refractivity contribution < 1.29 is 26.0 Å². The smallest absolute Gasteiger partial charge is 0.334 e. The molecule has 0 radical (unpaired) electrons. The first kappa shape index (κ1) is 20.3. The molecule has 0 bridgehead atoms. The quantitative estimate of drug-likeness (QED) is 0.574. The van der Waals surface area contributed by atoms with Crippen molar-refractivity contribution in [1.29, 1.82) is 0 Å². The lowest BCUT2D eigenvalue weighted by atomic mass is 10.0. The summed E-state index contributed by atoms with van der Waals surface area (Å²) in [5.41, 5.74) is 0.850. The van der Waals surface area contributed by atoms with E-state index < -0.39 is 32.6 Å². The van der Waals surface area contributed by atoms with Gasteiger partial charge in [-0.15, -0.1) is 0 Å². The number of nitrogens with zero attached hydrogens (tertiary/aromatic N) is 1. The standard InChI is InChI=1S/C18H13ClF4N2O2S/c1-9-3-4-10(7-12(9)19)15-16(25-17(24-15)18(21,22)23)11-5-6-14(13(20)8-11)28(2,26)27/h3-8H,1-2H3,(H,24,25). The second-order valence-electron chi connectivity index (χ2n) is 6.19. The predicted octanol–water partition coefficient (Wildman–Crippen LogP) is 5.27. The Kier molecular flexibility index (Phi) is 5.01. The highest BCUT2D eigenvalue weighted by atomic mass is 35.5. The van der Waals surface area contributed by atoms with Gasteiger partial charge in [-0.05, 0) is 30.7 Å². The molecule has 0 amide bonds. The fourth-order valence-corrected chi connectivity index (χ4v) is 3.53. The van der Waals surface area contributed by atoms with E-state index >= 15 is 0 Å². The molecule has 148 valence electrons. The molecule has 0 fully saturated rings. The Hall–Kier alpha value is -2.39.